The number of rotatable bonds is 2. The van der Waals surface area contributed by atoms with Gasteiger partial charge in [-0.15, -0.1) is 11.8 Å². The van der Waals surface area contributed by atoms with Crippen molar-refractivity contribution >= 4 is 11.8 Å². The molecule has 1 unspecified atom stereocenters. The highest BCUT2D eigenvalue weighted by Gasteiger charge is 2.23. The number of hydrogen-bond acceptors (Lipinski definition) is 2. The van der Waals surface area contributed by atoms with Crippen molar-refractivity contribution in [1.82, 2.24) is 4.90 Å². The second-order valence-electron chi connectivity index (χ2n) is 3.88. The minimum atomic E-state index is 0.652. The molecule has 1 nitrogen and oxygen atoms in total. The van der Waals surface area contributed by atoms with E-state index in [2.05, 4.69) is 42.5 Å². The first-order chi connectivity index (χ1) is 6.83. The van der Waals surface area contributed by atoms with Crippen molar-refractivity contribution in [3.05, 3.63) is 29.8 Å². The zero-order chi connectivity index (χ0) is 9.97. The summed E-state index contributed by atoms with van der Waals surface area (Å²) in [4.78, 5) is 3.90. The largest absolute Gasteiger partial charge is 0.299 e. The van der Waals surface area contributed by atoms with Crippen molar-refractivity contribution in [2.75, 3.05) is 19.8 Å². The molecule has 1 fully saturated rings. The molecule has 0 bridgehead atoms. The number of benzene rings is 1. The van der Waals surface area contributed by atoms with E-state index in [-0.39, 0.29) is 0 Å². The fraction of sp³-hybridized carbons (Fsp3) is 0.500. The van der Waals surface area contributed by atoms with Crippen molar-refractivity contribution in [2.24, 2.45) is 0 Å². The molecule has 14 heavy (non-hydrogen) atoms. The summed E-state index contributed by atoms with van der Waals surface area (Å²) in [5, 5.41) is 0. The van der Waals surface area contributed by atoms with Crippen LogP contribution in [0.25, 0.3) is 0 Å². The van der Waals surface area contributed by atoms with Crippen molar-refractivity contribution in [1.29, 1.82) is 0 Å². The second-order valence-corrected chi connectivity index (χ2v) is 4.73. The average molecular weight is 207 g/mol. The summed E-state index contributed by atoms with van der Waals surface area (Å²) in [6, 6.07) is 9.44. The molecule has 0 N–H and O–H groups in total. The van der Waals surface area contributed by atoms with Gasteiger partial charge in [0.2, 0.25) is 0 Å². The summed E-state index contributed by atoms with van der Waals surface area (Å²) in [7, 11) is 2.23. The van der Waals surface area contributed by atoms with Gasteiger partial charge in [-0.1, -0.05) is 18.2 Å². The number of thioether (sulfide) groups is 1. The van der Waals surface area contributed by atoms with Crippen LogP contribution in [-0.2, 0) is 0 Å². The van der Waals surface area contributed by atoms with Gasteiger partial charge in [0, 0.05) is 10.9 Å². The summed E-state index contributed by atoms with van der Waals surface area (Å²) in [5.74, 6) is 0. The Labute approximate surface area is 90.5 Å². The lowest BCUT2D eigenvalue weighted by Crippen LogP contribution is -2.17. The van der Waals surface area contributed by atoms with Crippen molar-refractivity contribution in [3.63, 3.8) is 0 Å². The van der Waals surface area contributed by atoms with Crippen LogP contribution in [0.3, 0.4) is 0 Å². The molecule has 1 aromatic carbocycles. The van der Waals surface area contributed by atoms with E-state index < -0.39 is 0 Å². The third-order valence-electron chi connectivity index (χ3n) is 3.02. The zero-order valence-corrected chi connectivity index (χ0v) is 9.68. The van der Waals surface area contributed by atoms with Gasteiger partial charge < -0.3 is 0 Å². The monoisotopic (exact) mass is 207 g/mol. The van der Waals surface area contributed by atoms with Crippen molar-refractivity contribution in [2.45, 2.75) is 23.8 Å². The van der Waals surface area contributed by atoms with Gasteiger partial charge in [0.25, 0.3) is 0 Å². The predicted molar refractivity (Wildman–Crippen MR) is 62.8 cm³/mol. The van der Waals surface area contributed by atoms with Crippen LogP contribution in [0.1, 0.15) is 24.4 Å². The highest BCUT2D eigenvalue weighted by molar-refractivity contribution is 7.98. The Kier molecular flexibility index (Phi) is 3.14. The molecule has 0 amide bonds. The fourth-order valence-electron chi connectivity index (χ4n) is 2.24. The van der Waals surface area contributed by atoms with Gasteiger partial charge in [-0.2, -0.15) is 0 Å². The Morgan fingerprint density at radius 1 is 1.36 bits per heavy atom. The smallest absolute Gasteiger partial charge is 0.0356 e. The first-order valence-corrected chi connectivity index (χ1v) is 6.38. The molecule has 0 radical (unpaired) electrons. The van der Waals surface area contributed by atoms with Crippen LogP contribution < -0.4 is 0 Å². The minimum absolute atomic E-state index is 0.652. The molecular formula is C12H17NS. The summed E-state index contributed by atoms with van der Waals surface area (Å²) in [6.07, 6.45) is 4.81. The van der Waals surface area contributed by atoms with Gasteiger partial charge in [0.05, 0.1) is 0 Å². The third kappa shape index (κ3) is 1.82. The van der Waals surface area contributed by atoms with E-state index in [1.54, 1.807) is 0 Å². The Morgan fingerprint density at radius 3 is 2.79 bits per heavy atom. The number of nitrogens with zero attached hydrogens (tertiary/aromatic N) is 1. The highest BCUT2D eigenvalue weighted by atomic mass is 32.2. The SMILES string of the molecule is CSc1ccccc1C1CCCN1C. The Hall–Kier alpha value is -0.470. The molecule has 0 aromatic heterocycles. The maximum absolute atomic E-state index is 2.47. The Morgan fingerprint density at radius 2 is 2.14 bits per heavy atom. The van der Waals surface area contributed by atoms with Gasteiger partial charge in [-0.25, -0.2) is 0 Å². The molecular weight excluding hydrogens is 190 g/mol. The highest BCUT2D eigenvalue weighted by Crippen LogP contribution is 2.35. The molecule has 0 aliphatic carbocycles. The normalized spacial score (nSPS) is 22.9. The maximum Gasteiger partial charge on any atom is 0.0356 e. The molecule has 2 rings (SSSR count). The first-order valence-electron chi connectivity index (χ1n) is 5.16. The molecule has 1 atom stereocenters. The molecule has 76 valence electrons. The van der Waals surface area contributed by atoms with Crippen LogP contribution in [-0.4, -0.2) is 24.7 Å². The molecule has 0 spiro atoms. The van der Waals surface area contributed by atoms with Gasteiger partial charge in [-0.05, 0) is 44.3 Å². The molecule has 1 heterocycles. The Bertz CT molecular complexity index is 311. The minimum Gasteiger partial charge on any atom is -0.299 e. The molecule has 2 heteroatoms. The van der Waals surface area contributed by atoms with E-state index in [9.17, 15) is 0 Å². The van der Waals surface area contributed by atoms with E-state index in [0.717, 1.165) is 0 Å². The molecule has 1 aliphatic heterocycles. The predicted octanol–water partition coefficient (Wildman–Crippen LogP) is 3.18. The summed E-state index contributed by atoms with van der Waals surface area (Å²) < 4.78 is 0. The van der Waals surface area contributed by atoms with Gasteiger partial charge in [-0.3, -0.25) is 4.90 Å². The van der Waals surface area contributed by atoms with Gasteiger partial charge >= 0.3 is 0 Å². The fourth-order valence-corrected chi connectivity index (χ4v) is 2.90. The zero-order valence-electron chi connectivity index (χ0n) is 8.86. The molecule has 1 saturated heterocycles. The summed E-state index contributed by atoms with van der Waals surface area (Å²) in [5.41, 5.74) is 1.51. The quantitative estimate of drug-likeness (QED) is 0.685. The van der Waals surface area contributed by atoms with Gasteiger partial charge in [0.15, 0.2) is 0 Å². The van der Waals surface area contributed by atoms with Crippen LogP contribution in [0.5, 0.6) is 0 Å². The van der Waals surface area contributed by atoms with E-state index in [1.807, 2.05) is 11.8 Å². The summed E-state index contributed by atoms with van der Waals surface area (Å²) in [6.45, 7) is 1.24. The van der Waals surface area contributed by atoms with Crippen LogP contribution in [0.2, 0.25) is 0 Å². The van der Waals surface area contributed by atoms with Crippen LogP contribution in [0.15, 0.2) is 29.2 Å². The number of hydrogen-bond donors (Lipinski definition) is 0. The lowest BCUT2D eigenvalue weighted by Gasteiger charge is -2.21. The second kappa shape index (κ2) is 4.37. The molecule has 0 saturated carbocycles. The van der Waals surface area contributed by atoms with Crippen molar-refractivity contribution in [3.8, 4) is 0 Å². The number of likely N-dealkylation sites (tertiary alicyclic amines) is 1. The first kappa shape index (κ1) is 10.1. The third-order valence-corrected chi connectivity index (χ3v) is 3.83. The van der Waals surface area contributed by atoms with E-state index >= 15 is 0 Å². The van der Waals surface area contributed by atoms with Crippen molar-refractivity contribution < 1.29 is 0 Å². The van der Waals surface area contributed by atoms with Crippen LogP contribution in [0, 0.1) is 0 Å². The summed E-state index contributed by atoms with van der Waals surface area (Å²) >= 11 is 1.86. The lowest BCUT2D eigenvalue weighted by molar-refractivity contribution is 0.314. The van der Waals surface area contributed by atoms with E-state index in [4.69, 9.17) is 0 Å². The molecule has 1 aliphatic rings. The average Bonchev–Trinajstić information content (AvgIpc) is 2.64. The Balaban J connectivity index is 2.30. The standard InChI is InChI=1S/C12H17NS/c1-13-9-5-7-11(13)10-6-3-4-8-12(10)14-2/h3-4,6,8,11H,5,7,9H2,1-2H3. The maximum atomic E-state index is 2.47. The van der Waals surface area contributed by atoms with E-state index in [1.165, 1.54) is 29.8 Å². The van der Waals surface area contributed by atoms with E-state index in [0.29, 0.717) is 6.04 Å². The van der Waals surface area contributed by atoms with Gasteiger partial charge in [0.1, 0.15) is 0 Å². The van der Waals surface area contributed by atoms with Crippen LogP contribution in [0.4, 0.5) is 0 Å². The molecule has 1 aromatic rings. The van der Waals surface area contributed by atoms with Crippen LogP contribution >= 0.6 is 11.8 Å². The lowest BCUT2D eigenvalue weighted by atomic mass is 10.1. The topological polar surface area (TPSA) is 3.24 Å².